The van der Waals surface area contributed by atoms with Crippen LogP contribution in [0.2, 0.25) is 5.02 Å². The molecule has 6 heteroatoms. The van der Waals surface area contributed by atoms with Crippen molar-refractivity contribution in [3.63, 3.8) is 0 Å². The van der Waals surface area contributed by atoms with E-state index in [1.165, 1.54) is 0 Å². The van der Waals surface area contributed by atoms with Crippen LogP contribution in [0.25, 0.3) is 0 Å². The van der Waals surface area contributed by atoms with Gasteiger partial charge in [0.1, 0.15) is 11.9 Å². The van der Waals surface area contributed by atoms with Crippen LogP contribution in [0.1, 0.15) is 27.7 Å². The highest BCUT2D eigenvalue weighted by Gasteiger charge is 2.21. The maximum atomic E-state index is 11.7. The third kappa shape index (κ3) is 6.35. The molecular weight excluding hydrogens is 304 g/mol. The molecule has 0 aromatic heterocycles. The number of carbonyl (C=O) groups excluding carboxylic acids is 2. The summed E-state index contributed by atoms with van der Waals surface area (Å²) in [5.41, 5.74) is -0.513. The standard InChI is InChI=1S/C16H23ClN2O3/c1-11(22-13-8-6-5-7-12(13)17)9-18-14(20)10-19-15(21)16(2,3)4/h5-8,11H,9-10H2,1-4H3,(H,18,20)(H,19,21). The Bertz CT molecular complexity index is 526. The lowest BCUT2D eigenvalue weighted by atomic mass is 9.96. The Morgan fingerprint density at radius 3 is 2.45 bits per heavy atom. The van der Waals surface area contributed by atoms with Crippen LogP contribution in [0.5, 0.6) is 5.75 Å². The molecule has 0 spiro atoms. The smallest absolute Gasteiger partial charge is 0.239 e. The summed E-state index contributed by atoms with van der Waals surface area (Å²) in [6, 6.07) is 7.16. The van der Waals surface area contributed by atoms with Gasteiger partial charge in [-0.3, -0.25) is 9.59 Å². The van der Waals surface area contributed by atoms with E-state index in [9.17, 15) is 9.59 Å². The fraction of sp³-hybridized carbons (Fsp3) is 0.500. The average Bonchev–Trinajstić information content (AvgIpc) is 2.44. The summed E-state index contributed by atoms with van der Waals surface area (Å²) in [5.74, 6) is 0.155. The van der Waals surface area contributed by atoms with Crippen molar-refractivity contribution in [3.05, 3.63) is 29.3 Å². The lowest BCUT2D eigenvalue weighted by Gasteiger charge is -2.18. The maximum Gasteiger partial charge on any atom is 0.239 e. The Morgan fingerprint density at radius 1 is 1.23 bits per heavy atom. The van der Waals surface area contributed by atoms with Crippen molar-refractivity contribution in [2.45, 2.75) is 33.8 Å². The molecule has 122 valence electrons. The molecule has 0 aliphatic carbocycles. The van der Waals surface area contributed by atoms with Gasteiger partial charge in [-0.05, 0) is 19.1 Å². The first-order valence-electron chi connectivity index (χ1n) is 7.16. The lowest BCUT2D eigenvalue weighted by molar-refractivity contribution is -0.131. The Hall–Kier alpha value is -1.75. The fourth-order valence-corrected chi connectivity index (χ4v) is 1.72. The summed E-state index contributed by atoms with van der Waals surface area (Å²) in [7, 11) is 0. The van der Waals surface area contributed by atoms with Gasteiger partial charge in [0.05, 0.1) is 18.1 Å². The summed E-state index contributed by atoms with van der Waals surface area (Å²) < 4.78 is 5.64. The SMILES string of the molecule is CC(CNC(=O)CNC(=O)C(C)(C)C)Oc1ccccc1Cl. The van der Waals surface area contributed by atoms with Gasteiger partial charge < -0.3 is 15.4 Å². The normalized spacial score (nSPS) is 12.4. The molecule has 0 aliphatic rings. The molecule has 0 saturated heterocycles. The first-order valence-corrected chi connectivity index (χ1v) is 7.54. The van der Waals surface area contributed by atoms with Crippen molar-refractivity contribution >= 4 is 23.4 Å². The molecule has 22 heavy (non-hydrogen) atoms. The minimum atomic E-state index is -0.513. The molecule has 1 aromatic rings. The molecule has 0 saturated carbocycles. The van der Waals surface area contributed by atoms with Crippen LogP contribution >= 0.6 is 11.6 Å². The summed E-state index contributed by atoms with van der Waals surface area (Å²) >= 11 is 6.00. The summed E-state index contributed by atoms with van der Waals surface area (Å²) in [4.78, 5) is 23.3. The van der Waals surface area contributed by atoms with Gasteiger partial charge in [0.2, 0.25) is 11.8 Å². The van der Waals surface area contributed by atoms with Gasteiger partial charge in [0.15, 0.2) is 0 Å². The molecule has 0 fully saturated rings. The molecule has 0 bridgehead atoms. The molecule has 2 N–H and O–H groups in total. The Kier molecular flexibility index (Phi) is 6.68. The van der Waals surface area contributed by atoms with E-state index in [0.717, 1.165) is 0 Å². The van der Waals surface area contributed by atoms with E-state index in [0.29, 0.717) is 17.3 Å². The van der Waals surface area contributed by atoms with Crippen LogP contribution in [-0.2, 0) is 9.59 Å². The van der Waals surface area contributed by atoms with Crippen LogP contribution < -0.4 is 15.4 Å². The average molecular weight is 327 g/mol. The number of rotatable bonds is 6. The first kappa shape index (κ1) is 18.3. The van der Waals surface area contributed by atoms with Gasteiger partial charge in [0.25, 0.3) is 0 Å². The highest BCUT2D eigenvalue weighted by atomic mass is 35.5. The fourth-order valence-electron chi connectivity index (χ4n) is 1.54. The molecule has 0 heterocycles. The highest BCUT2D eigenvalue weighted by Crippen LogP contribution is 2.23. The van der Waals surface area contributed by atoms with E-state index in [1.54, 1.807) is 32.9 Å². The predicted octanol–water partition coefficient (Wildman–Crippen LogP) is 2.39. The number of para-hydroxylation sites is 1. The van der Waals surface area contributed by atoms with E-state index < -0.39 is 5.41 Å². The van der Waals surface area contributed by atoms with Crippen LogP contribution in [0.15, 0.2) is 24.3 Å². The van der Waals surface area contributed by atoms with Gasteiger partial charge in [-0.1, -0.05) is 44.5 Å². The van der Waals surface area contributed by atoms with Gasteiger partial charge in [-0.2, -0.15) is 0 Å². The van der Waals surface area contributed by atoms with Crippen molar-refractivity contribution in [1.29, 1.82) is 0 Å². The second-order valence-electron chi connectivity index (χ2n) is 6.10. The molecule has 5 nitrogen and oxygen atoms in total. The topological polar surface area (TPSA) is 67.4 Å². The quantitative estimate of drug-likeness (QED) is 0.843. The minimum absolute atomic E-state index is 0.0467. The van der Waals surface area contributed by atoms with Crippen molar-refractivity contribution in [2.24, 2.45) is 5.41 Å². The van der Waals surface area contributed by atoms with Crippen LogP contribution in [-0.4, -0.2) is 31.0 Å². The monoisotopic (exact) mass is 326 g/mol. The lowest BCUT2D eigenvalue weighted by Crippen LogP contribution is -2.43. The van der Waals surface area contributed by atoms with Crippen LogP contribution in [0.4, 0.5) is 0 Å². The molecule has 1 rings (SSSR count). The highest BCUT2D eigenvalue weighted by molar-refractivity contribution is 6.32. The van der Waals surface area contributed by atoms with Crippen molar-refractivity contribution in [1.82, 2.24) is 10.6 Å². The molecule has 1 unspecified atom stereocenters. The third-order valence-electron chi connectivity index (χ3n) is 2.84. The van der Waals surface area contributed by atoms with Crippen LogP contribution in [0, 0.1) is 5.41 Å². The molecule has 1 aromatic carbocycles. The molecule has 0 radical (unpaired) electrons. The van der Waals surface area contributed by atoms with Gasteiger partial charge in [0, 0.05) is 5.41 Å². The van der Waals surface area contributed by atoms with Crippen LogP contribution in [0.3, 0.4) is 0 Å². The first-order chi connectivity index (χ1) is 10.2. The number of hydrogen-bond acceptors (Lipinski definition) is 3. The number of nitrogens with one attached hydrogen (secondary N) is 2. The Balaban J connectivity index is 2.32. The van der Waals surface area contributed by atoms with E-state index >= 15 is 0 Å². The van der Waals surface area contributed by atoms with E-state index in [-0.39, 0.29) is 24.5 Å². The van der Waals surface area contributed by atoms with Gasteiger partial charge in [-0.25, -0.2) is 0 Å². The zero-order valence-corrected chi connectivity index (χ0v) is 14.2. The zero-order chi connectivity index (χ0) is 16.8. The maximum absolute atomic E-state index is 11.7. The summed E-state index contributed by atoms with van der Waals surface area (Å²) in [5, 5.41) is 5.83. The number of benzene rings is 1. The number of hydrogen-bond donors (Lipinski definition) is 2. The van der Waals surface area contributed by atoms with E-state index in [4.69, 9.17) is 16.3 Å². The second-order valence-corrected chi connectivity index (χ2v) is 6.50. The molecule has 2 amide bonds. The third-order valence-corrected chi connectivity index (χ3v) is 3.15. The van der Waals surface area contributed by atoms with Crippen molar-refractivity contribution < 1.29 is 14.3 Å². The molecule has 0 aliphatic heterocycles. The largest absolute Gasteiger partial charge is 0.487 e. The predicted molar refractivity (Wildman–Crippen MR) is 87.0 cm³/mol. The van der Waals surface area contributed by atoms with Crippen molar-refractivity contribution in [3.8, 4) is 5.75 Å². The van der Waals surface area contributed by atoms with Crippen molar-refractivity contribution in [2.75, 3.05) is 13.1 Å². The Labute approximate surface area is 136 Å². The number of ether oxygens (including phenoxy) is 1. The van der Waals surface area contributed by atoms with Gasteiger partial charge in [-0.15, -0.1) is 0 Å². The number of carbonyl (C=O) groups is 2. The van der Waals surface area contributed by atoms with Gasteiger partial charge >= 0.3 is 0 Å². The Morgan fingerprint density at radius 2 is 1.86 bits per heavy atom. The van der Waals surface area contributed by atoms with E-state index in [2.05, 4.69) is 10.6 Å². The molecule has 1 atom stereocenters. The molecular formula is C16H23ClN2O3. The minimum Gasteiger partial charge on any atom is -0.487 e. The zero-order valence-electron chi connectivity index (χ0n) is 13.4. The summed E-state index contributed by atoms with van der Waals surface area (Å²) in [6.07, 6.45) is -0.234. The second kappa shape index (κ2) is 8.03. The number of halogens is 1. The summed E-state index contributed by atoms with van der Waals surface area (Å²) in [6.45, 7) is 7.49. The number of amides is 2. The van der Waals surface area contributed by atoms with E-state index in [1.807, 2.05) is 19.1 Å².